The van der Waals surface area contributed by atoms with Crippen LogP contribution in [0.15, 0.2) is 30.5 Å². The number of aliphatic hydroxyl groups excluding tert-OH is 1. The van der Waals surface area contributed by atoms with Crippen LogP contribution in [-0.4, -0.2) is 16.3 Å². The van der Waals surface area contributed by atoms with Crippen molar-refractivity contribution in [2.24, 2.45) is 5.73 Å². The first-order valence-electron chi connectivity index (χ1n) is 4.76. The number of hydrogen-bond acceptors (Lipinski definition) is 2. The molecule has 0 saturated carbocycles. The highest BCUT2D eigenvalue weighted by molar-refractivity contribution is 5.82. The summed E-state index contributed by atoms with van der Waals surface area (Å²) in [6, 6.07) is 8.13. The van der Waals surface area contributed by atoms with Crippen molar-refractivity contribution in [1.82, 2.24) is 4.98 Å². The summed E-state index contributed by atoms with van der Waals surface area (Å²) < 4.78 is 0. The van der Waals surface area contributed by atoms with E-state index in [0.29, 0.717) is 6.42 Å². The van der Waals surface area contributed by atoms with E-state index in [4.69, 9.17) is 10.8 Å². The molecule has 0 saturated heterocycles. The summed E-state index contributed by atoms with van der Waals surface area (Å²) in [5.74, 6) is 0. The van der Waals surface area contributed by atoms with Gasteiger partial charge in [0.1, 0.15) is 6.23 Å². The Bertz CT molecular complexity index is 420. The topological polar surface area (TPSA) is 62.0 Å². The van der Waals surface area contributed by atoms with Gasteiger partial charge in [-0.05, 0) is 24.5 Å². The zero-order chi connectivity index (χ0) is 9.97. The average Bonchev–Trinajstić information content (AvgIpc) is 2.58. The van der Waals surface area contributed by atoms with E-state index < -0.39 is 6.23 Å². The first-order chi connectivity index (χ1) is 6.77. The fourth-order valence-electron chi connectivity index (χ4n) is 1.64. The quantitative estimate of drug-likeness (QED) is 0.640. The number of aromatic nitrogens is 1. The second kappa shape index (κ2) is 3.82. The maximum atomic E-state index is 8.99. The number of nitrogens with one attached hydrogen (secondary N) is 1. The van der Waals surface area contributed by atoms with Crippen LogP contribution in [-0.2, 0) is 6.42 Å². The van der Waals surface area contributed by atoms with Gasteiger partial charge in [0.15, 0.2) is 0 Å². The molecule has 0 amide bonds. The molecule has 1 aromatic heterocycles. The predicted molar refractivity (Wildman–Crippen MR) is 56.8 cm³/mol. The lowest BCUT2D eigenvalue weighted by Crippen LogP contribution is -2.18. The van der Waals surface area contributed by atoms with E-state index in [9.17, 15) is 0 Å². The van der Waals surface area contributed by atoms with Gasteiger partial charge in [-0.2, -0.15) is 0 Å². The van der Waals surface area contributed by atoms with E-state index in [-0.39, 0.29) is 0 Å². The highest BCUT2D eigenvalue weighted by Crippen LogP contribution is 2.18. The molecular formula is C11H14N2O. The Kier molecular flexibility index (Phi) is 2.52. The molecule has 3 heteroatoms. The monoisotopic (exact) mass is 190 g/mol. The van der Waals surface area contributed by atoms with Gasteiger partial charge in [-0.1, -0.05) is 18.2 Å². The normalized spacial score (nSPS) is 13.3. The Hall–Kier alpha value is -1.32. The Morgan fingerprint density at radius 3 is 2.93 bits per heavy atom. The van der Waals surface area contributed by atoms with Crippen molar-refractivity contribution in [3.8, 4) is 0 Å². The summed E-state index contributed by atoms with van der Waals surface area (Å²) in [4.78, 5) is 3.19. The fourth-order valence-corrected chi connectivity index (χ4v) is 1.64. The fraction of sp³-hybridized carbons (Fsp3) is 0.273. The van der Waals surface area contributed by atoms with Crippen LogP contribution in [0.3, 0.4) is 0 Å². The second-order valence-electron chi connectivity index (χ2n) is 3.47. The Labute approximate surface area is 82.6 Å². The molecule has 0 bridgehead atoms. The SMILES string of the molecule is N[C@H](O)CCc1c[nH]c2ccccc12. The number of aromatic amines is 1. The van der Waals surface area contributed by atoms with E-state index in [0.717, 1.165) is 11.9 Å². The van der Waals surface area contributed by atoms with Gasteiger partial charge in [-0.25, -0.2) is 0 Å². The zero-order valence-electron chi connectivity index (χ0n) is 7.90. The van der Waals surface area contributed by atoms with Crippen molar-refractivity contribution in [2.45, 2.75) is 19.1 Å². The third-order valence-corrected chi connectivity index (χ3v) is 2.38. The van der Waals surface area contributed by atoms with Gasteiger partial charge in [0.2, 0.25) is 0 Å². The number of hydrogen-bond donors (Lipinski definition) is 3. The van der Waals surface area contributed by atoms with Gasteiger partial charge in [0, 0.05) is 17.1 Å². The number of para-hydroxylation sites is 1. The number of fused-ring (bicyclic) bond motifs is 1. The van der Waals surface area contributed by atoms with E-state index in [1.807, 2.05) is 24.4 Å². The van der Waals surface area contributed by atoms with Gasteiger partial charge in [0.05, 0.1) is 0 Å². The van der Waals surface area contributed by atoms with Crippen molar-refractivity contribution in [2.75, 3.05) is 0 Å². The first-order valence-corrected chi connectivity index (χ1v) is 4.76. The summed E-state index contributed by atoms with van der Waals surface area (Å²) in [5, 5.41) is 10.2. The van der Waals surface area contributed by atoms with E-state index in [1.165, 1.54) is 10.9 Å². The van der Waals surface area contributed by atoms with Crippen molar-refractivity contribution in [3.05, 3.63) is 36.0 Å². The van der Waals surface area contributed by atoms with Crippen LogP contribution in [0.2, 0.25) is 0 Å². The molecular weight excluding hydrogens is 176 g/mol. The Morgan fingerprint density at radius 2 is 2.14 bits per heavy atom. The molecule has 0 unspecified atom stereocenters. The second-order valence-corrected chi connectivity index (χ2v) is 3.47. The molecule has 14 heavy (non-hydrogen) atoms. The lowest BCUT2D eigenvalue weighted by Gasteiger charge is -2.02. The maximum Gasteiger partial charge on any atom is 0.102 e. The summed E-state index contributed by atoms with van der Waals surface area (Å²) in [6.07, 6.45) is 2.67. The van der Waals surface area contributed by atoms with Crippen LogP contribution < -0.4 is 5.73 Å². The lowest BCUT2D eigenvalue weighted by molar-refractivity contribution is 0.172. The number of aliphatic hydroxyl groups is 1. The van der Waals surface area contributed by atoms with E-state index >= 15 is 0 Å². The largest absolute Gasteiger partial charge is 0.379 e. The Balaban J connectivity index is 2.25. The van der Waals surface area contributed by atoms with Gasteiger partial charge in [0.25, 0.3) is 0 Å². The van der Waals surface area contributed by atoms with E-state index in [1.54, 1.807) is 0 Å². The molecule has 0 aliphatic heterocycles. The molecule has 0 spiro atoms. The van der Waals surface area contributed by atoms with Gasteiger partial charge < -0.3 is 15.8 Å². The minimum atomic E-state index is -0.719. The van der Waals surface area contributed by atoms with Crippen molar-refractivity contribution < 1.29 is 5.11 Å². The Morgan fingerprint density at radius 1 is 1.36 bits per heavy atom. The van der Waals surface area contributed by atoms with Crippen LogP contribution in [0.1, 0.15) is 12.0 Å². The lowest BCUT2D eigenvalue weighted by atomic mass is 10.1. The molecule has 1 heterocycles. The molecule has 4 N–H and O–H groups in total. The molecule has 0 aliphatic rings. The molecule has 1 aromatic carbocycles. The van der Waals surface area contributed by atoms with E-state index in [2.05, 4.69) is 11.1 Å². The third kappa shape index (κ3) is 1.78. The van der Waals surface area contributed by atoms with Gasteiger partial charge >= 0.3 is 0 Å². The predicted octanol–water partition coefficient (Wildman–Crippen LogP) is 1.38. The third-order valence-electron chi connectivity index (χ3n) is 2.38. The molecule has 1 atom stereocenters. The molecule has 0 fully saturated rings. The first kappa shape index (κ1) is 9.24. The molecule has 0 radical (unpaired) electrons. The molecule has 3 nitrogen and oxygen atoms in total. The number of benzene rings is 1. The number of rotatable bonds is 3. The van der Waals surface area contributed by atoms with Crippen molar-refractivity contribution >= 4 is 10.9 Å². The van der Waals surface area contributed by atoms with Crippen molar-refractivity contribution in [1.29, 1.82) is 0 Å². The summed E-state index contributed by atoms with van der Waals surface area (Å²) >= 11 is 0. The summed E-state index contributed by atoms with van der Waals surface area (Å²) in [5.41, 5.74) is 7.64. The van der Waals surface area contributed by atoms with Crippen LogP contribution in [0.4, 0.5) is 0 Å². The molecule has 2 aromatic rings. The maximum absolute atomic E-state index is 8.99. The minimum absolute atomic E-state index is 0.599. The number of nitrogens with two attached hydrogens (primary N) is 1. The van der Waals surface area contributed by atoms with Crippen LogP contribution in [0.5, 0.6) is 0 Å². The van der Waals surface area contributed by atoms with Crippen molar-refractivity contribution in [3.63, 3.8) is 0 Å². The molecule has 74 valence electrons. The average molecular weight is 190 g/mol. The van der Waals surface area contributed by atoms with Crippen LogP contribution in [0, 0.1) is 0 Å². The number of aryl methyl sites for hydroxylation is 1. The standard InChI is InChI=1S/C11H14N2O/c12-11(14)6-5-8-7-13-10-4-2-1-3-9(8)10/h1-4,7,11,13-14H,5-6,12H2/t11-/m1/s1. The van der Waals surface area contributed by atoms with Crippen LogP contribution >= 0.6 is 0 Å². The molecule has 0 aliphatic carbocycles. The number of H-pyrrole nitrogens is 1. The van der Waals surface area contributed by atoms with Gasteiger partial charge in [-0.15, -0.1) is 0 Å². The highest BCUT2D eigenvalue weighted by atomic mass is 16.3. The summed E-state index contributed by atoms with van der Waals surface area (Å²) in [7, 11) is 0. The smallest absolute Gasteiger partial charge is 0.102 e. The zero-order valence-corrected chi connectivity index (χ0v) is 7.90. The summed E-state index contributed by atoms with van der Waals surface area (Å²) in [6.45, 7) is 0. The molecule has 2 rings (SSSR count). The minimum Gasteiger partial charge on any atom is -0.379 e. The van der Waals surface area contributed by atoms with Crippen LogP contribution in [0.25, 0.3) is 10.9 Å². The highest BCUT2D eigenvalue weighted by Gasteiger charge is 2.03. The van der Waals surface area contributed by atoms with Gasteiger partial charge in [-0.3, -0.25) is 0 Å².